The molecule has 0 N–H and O–H groups in total. The standard InChI is InChI=1S/C24H27F5O/c1-2-3-14-4-5-16-9-17(7-6-15(16)8-14)18-10-19-12-22(26)23(30-24(27,28)29)13-20(19)21(25)11-18/h10-17H,2-9H2,1H3/t14-,15?,16-,17?/m1/s1. The van der Waals surface area contributed by atoms with Crippen LogP contribution in [-0.2, 0) is 0 Å². The molecule has 0 saturated heterocycles. The molecule has 0 heterocycles. The summed E-state index contributed by atoms with van der Waals surface area (Å²) in [6, 6.07) is 4.87. The summed E-state index contributed by atoms with van der Waals surface area (Å²) < 4.78 is 69.9. The minimum Gasteiger partial charge on any atom is -0.403 e. The second kappa shape index (κ2) is 8.35. The first-order valence-corrected chi connectivity index (χ1v) is 10.9. The van der Waals surface area contributed by atoms with Crippen LogP contribution >= 0.6 is 0 Å². The smallest absolute Gasteiger partial charge is 0.403 e. The molecule has 2 unspecified atom stereocenters. The third-order valence-electron chi connectivity index (χ3n) is 7.09. The van der Waals surface area contributed by atoms with E-state index in [9.17, 15) is 22.0 Å². The molecule has 2 aromatic rings. The molecular weight excluding hydrogens is 399 g/mol. The van der Waals surface area contributed by atoms with Crippen molar-refractivity contribution in [2.45, 2.75) is 70.6 Å². The average Bonchev–Trinajstić information content (AvgIpc) is 2.68. The fourth-order valence-corrected chi connectivity index (χ4v) is 5.74. The molecule has 4 rings (SSSR count). The van der Waals surface area contributed by atoms with E-state index in [0.717, 1.165) is 48.8 Å². The van der Waals surface area contributed by atoms with E-state index in [4.69, 9.17) is 0 Å². The summed E-state index contributed by atoms with van der Waals surface area (Å²) in [6.45, 7) is 2.23. The van der Waals surface area contributed by atoms with Gasteiger partial charge in [0.25, 0.3) is 0 Å². The Morgan fingerprint density at radius 2 is 1.63 bits per heavy atom. The van der Waals surface area contributed by atoms with E-state index in [1.807, 2.05) is 0 Å². The quantitative estimate of drug-likeness (QED) is 0.449. The van der Waals surface area contributed by atoms with Crippen LogP contribution in [0.15, 0.2) is 24.3 Å². The van der Waals surface area contributed by atoms with Gasteiger partial charge in [0.15, 0.2) is 11.6 Å². The van der Waals surface area contributed by atoms with E-state index in [0.29, 0.717) is 5.92 Å². The van der Waals surface area contributed by atoms with Crippen molar-refractivity contribution < 1.29 is 26.7 Å². The van der Waals surface area contributed by atoms with Crippen molar-refractivity contribution >= 4 is 10.8 Å². The molecule has 0 bridgehead atoms. The summed E-state index contributed by atoms with van der Waals surface area (Å²) in [7, 11) is 0. The van der Waals surface area contributed by atoms with E-state index in [1.54, 1.807) is 6.07 Å². The first-order valence-electron chi connectivity index (χ1n) is 10.9. The van der Waals surface area contributed by atoms with Crippen LogP contribution in [0.1, 0.15) is 69.8 Å². The van der Waals surface area contributed by atoms with Crippen LogP contribution in [0.3, 0.4) is 0 Å². The average molecular weight is 426 g/mol. The van der Waals surface area contributed by atoms with Crippen molar-refractivity contribution in [3.8, 4) is 5.75 Å². The van der Waals surface area contributed by atoms with Gasteiger partial charge in [0.1, 0.15) is 5.82 Å². The van der Waals surface area contributed by atoms with Gasteiger partial charge in [-0.05, 0) is 84.9 Å². The van der Waals surface area contributed by atoms with Gasteiger partial charge in [-0.15, -0.1) is 13.2 Å². The van der Waals surface area contributed by atoms with E-state index in [1.165, 1.54) is 38.2 Å². The molecular formula is C24H27F5O. The van der Waals surface area contributed by atoms with Crippen LogP contribution in [0.2, 0.25) is 0 Å². The molecule has 2 fully saturated rings. The molecule has 2 aliphatic rings. The third kappa shape index (κ3) is 4.57. The topological polar surface area (TPSA) is 9.23 Å². The lowest BCUT2D eigenvalue weighted by molar-refractivity contribution is -0.275. The molecule has 0 radical (unpaired) electrons. The lowest BCUT2D eigenvalue weighted by Gasteiger charge is -2.42. The summed E-state index contributed by atoms with van der Waals surface area (Å²) in [5, 5.41) is 0.207. The van der Waals surface area contributed by atoms with Crippen LogP contribution in [0, 0.1) is 29.4 Å². The zero-order valence-corrected chi connectivity index (χ0v) is 17.1. The largest absolute Gasteiger partial charge is 0.573 e. The number of halogens is 5. The molecule has 6 heteroatoms. The summed E-state index contributed by atoms with van der Waals surface area (Å²) in [4.78, 5) is 0. The fraction of sp³-hybridized carbons (Fsp3) is 0.583. The molecule has 4 atom stereocenters. The Labute approximate surface area is 173 Å². The maximum absolute atomic E-state index is 14.8. The van der Waals surface area contributed by atoms with Gasteiger partial charge >= 0.3 is 6.36 Å². The molecule has 30 heavy (non-hydrogen) atoms. The maximum Gasteiger partial charge on any atom is 0.573 e. The monoisotopic (exact) mass is 426 g/mol. The second-order valence-electron chi connectivity index (χ2n) is 9.05. The van der Waals surface area contributed by atoms with Gasteiger partial charge in [0.2, 0.25) is 0 Å². The Kier molecular flexibility index (Phi) is 5.95. The van der Waals surface area contributed by atoms with Crippen LogP contribution in [0.5, 0.6) is 5.75 Å². The highest BCUT2D eigenvalue weighted by Crippen LogP contribution is 2.48. The van der Waals surface area contributed by atoms with Gasteiger partial charge in [-0.25, -0.2) is 8.78 Å². The minimum absolute atomic E-state index is 0.0619. The van der Waals surface area contributed by atoms with Crippen LogP contribution in [0.25, 0.3) is 10.8 Å². The van der Waals surface area contributed by atoms with Gasteiger partial charge in [-0.2, -0.15) is 0 Å². The zero-order valence-electron chi connectivity index (χ0n) is 17.1. The van der Waals surface area contributed by atoms with Crippen molar-refractivity contribution in [1.82, 2.24) is 0 Å². The number of benzene rings is 2. The lowest BCUT2D eigenvalue weighted by Crippen LogP contribution is -2.30. The van der Waals surface area contributed by atoms with Crippen molar-refractivity contribution in [3.63, 3.8) is 0 Å². The van der Waals surface area contributed by atoms with Gasteiger partial charge < -0.3 is 4.74 Å². The van der Waals surface area contributed by atoms with Crippen LogP contribution in [-0.4, -0.2) is 6.36 Å². The Morgan fingerprint density at radius 3 is 2.37 bits per heavy atom. The van der Waals surface area contributed by atoms with Gasteiger partial charge in [0, 0.05) is 5.39 Å². The van der Waals surface area contributed by atoms with E-state index >= 15 is 0 Å². The van der Waals surface area contributed by atoms with E-state index in [-0.39, 0.29) is 16.7 Å². The highest BCUT2D eigenvalue weighted by atomic mass is 19.4. The molecule has 0 spiro atoms. The van der Waals surface area contributed by atoms with Gasteiger partial charge in [0.05, 0.1) is 0 Å². The number of ether oxygens (including phenoxy) is 1. The molecule has 2 aromatic carbocycles. The van der Waals surface area contributed by atoms with Gasteiger partial charge in [-0.1, -0.05) is 32.3 Å². The Bertz CT molecular complexity index is 907. The first kappa shape index (κ1) is 21.4. The number of fused-ring (bicyclic) bond motifs is 2. The molecule has 1 nitrogen and oxygen atoms in total. The Balaban J connectivity index is 1.55. The molecule has 0 aromatic heterocycles. The predicted molar refractivity (Wildman–Crippen MR) is 106 cm³/mol. The predicted octanol–water partition coefficient (Wildman–Crippen LogP) is 8.12. The molecule has 2 aliphatic carbocycles. The Hall–Kier alpha value is -1.85. The molecule has 2 saturated carbocycles. The highest BCUT2D eigenvalue weighted by molar-refractivity contribution is 5.85. The van der Waals surface area contributed by atoms with Crippen molar-refractivity contribution in [1.29, 1.82) is 0 Å². The van der Waals surface area contributed by atoms with Crippen molar-refractivity contribution in [3.05, 3.63) is 41.5 Å². The fourth-order valence-electron chi connectivity index (χ4n) is 5.74. The lowest BCUT2D eigenvalue weighted by atomic mass is 9.63. The summed E-state index contributed by atoms with van der Waals surface area (Å²) in [6.07, 6.45) is 4.39. The second-order valence-corrected chi connectivity index (χ2v) is 9.05. The normalized spacial score (nSPS) is 27.1. The third-order valence-corrected chi connectivity index (χ3v) is 7.09. The number of alkyl halides is 3. The molecule has 164 valence electrons. The first-order chi connectivity index (χ1) is 14.2. The SMILES string of the molecule is CCC[C@@H]1CC[C@@H]2CC(c3cc(F)c4cc(OC(F)(F)F)c(F)cc4c3)CCC2C1. The van der Waals surface area contributed by atoms with E-state index < -0.39 is 23.7 Å². The number of hydrogen-bond acceptors (Lipinski definition) is 1. The minimum atomic E-state index is -5.03. The number of rotatable bonds is 4. The van der Waals surface area contributed by atoms with Crippen molar-refractivity contribution in [2.24, 2.45) is 17.8 Å². The number of hydrogen-bond donors (Lipinski definition) is 0. The summed E-state index contributed by atoms with van der Waals surface area (Å²) in [5.74, 6) is -0.348. The van der Waals surface area contributed by atoms with Crippen molar-refractivity contribution in [2.75, 3.05) is 0 Å². The van der Waals surface area contributed by atoms with Crippen LogP contribution in [0.4, 0.5) is 22.0 Å². The van der Waals surface area contributed by atoms with Crippen LogP contribution < -0.4 is 4.74 Å². The van der Waals surface area contributed by atoms with E-state index in [2.05, 4.69) is 11.7 Å². The highest BCUT2D eigenvalue weighted by Gasteiger charge is 2.36. The Morgan fingerprint density at radius 1 is 0.900 bits per heavy atom. The molecule has 0 aliphatic heterocycles. The zero-order chi connectivity index (χ0) is 21.5. The maximum atomic E-state index is 14.8. The summed E-state index contributed by atoms with van der Waals surface area (Å²) >= 11 is 0. The summed E-state index contributed by atoms with van der Waals surface area (Å²) in [5.41, 5.74) is 0.818. The van der Waals surface area contributed by atoms with Gasteiger partial charge in [-0.3, -0.25) is 0 Å². The molecule has 0 amide bonds.